The molecule has 0 atom stereocenters. The lowest BCUT2D eigenvalue weighted by Gasteiger charge is -2.13. The van der Waals surface area contributed by atoms with Crippen molar-refractivity contribution in [1.82, 2.24) is 15.1 Å². The molecule has 6 heteroatoms. The second-order valence-electron chi connectivity index (χ2n) is 4.64. The molecule has 1 N–H and O–H groups in total. The molecule has 19 heavy (non-hydrogen) atoms. The summed E-state index contributed by atoms with van der Waals surface area (Å²) in [6, 6.07) is 0. The summed E-state index contributed by atoms with van der Waals surface area (Å²) in [6.07, 6.45) is 2.01. The fraction of sp³-hybridized carbons (Fsp3) is 0.692. The van der Waals surface area contributed by atoms with Gasteiger partial charge in [0, 0.05) is 51.2 Å². The molecule has 0 spiro atoms. The minimum Gasteiger partial charge on any atom is -0.383 e. The first-order valence-electron chi connectivity index (χ1n) is 6.59. The van der Waals surface area contributed by atoms with Crippen molar-refractivity contribution in [3.05, 3.63) is 17.0 Å². The van der Waals surface area contributed by atoms with E-state index in [9.17, 15) is 4.79 Å². The average Bonchev–Trinajstić information content (AvgIpc) is 2.74. The minimum absolute atomic E-state index is 0.0354. The number of aromatic nitrogens is 2. The summed E-state index contributed by atoms with van der Waals surface area (Å²) < 4.78 is 12.3. The fourth-order valence-electron chi connectivity index (χ4n) is 2.30. The number of fused-ring (bicyclic) bond motifs is 1. The summed E-state index contributed by atoms with van der Waals surface area (Å²) in [7, 11) is 3.57. The lowest BCUT2D eigenvalue weighted by molar-refractivity contribution is -0.121. The zero-order chi connectivity index (χ0) is 13.7. The molecule has 0 aliphatic carbocycles. The third-order valence-electron chi connectivity index (χ3n) is 3.30. The maximum absolute atomic E-state index is 11.6. The predicted molar refractivity (Wildman–Crippen MR) is 69.8 cm³/mol. The van der Waals surface area contributed by atoms with E-state index in [-0.39, 0.29) is 5.91 Å². The number of hydrogen-bond donors (Lipinski definition) is 1. The molecule has 106 valence electrons. The Morgan fingerprint density at radius 3 is 3.21 bits per heavy atom. The lowest BCUT2D eigenvalue weighted by atomic mass is 10.1. The second-order valence-corrected chi connectivity index (χ2v) is 4.64. The van der Waals surface area contributed by atoms with Crippen LogP contribution in [0.25, 0.3) is 0 Å². The summed E-state index contributed by atoms with van der Waals surface area (Å²) in [4.78, 5) is 11.6. The molecule has 2 heterocycles. The van der Waals surface area contributed by atoms with Gasteiger partial charge in [0.05, 0.1) is 25.5 Å². The molecular formula is C13H21N3O3. The Balaban J connectivity index is 1.88. The zero-order valence-corrected chi connectivity index (χ0v) is 11.6. The van der Waals surface area contributed by atoms with Gasteiger partial charge in [-0.15, -0.1) is 0 Å². The van der Waals surface area contributed by atoms with Gasteiger partial charge in [-0.25, -0.2) is 0 Å². The third kappa shape index (κ3) is 3.54. The van der Waals surface area contributed by atoms with Gasteiger partial charge in [-0.3, -0.25) is 9.48 Å². The Bertz CT molecular complexity index is 443. The summed E-state index contributed by atoms with van der Waals surface area (Å²) in [5, 5.41) is 7.30. The molecule has 0 unspecified atom stereocenters. The van der Waals surface area contributed by atoms with Gasteiger partial charge in [-0.05, 0) is 0 Å². The molecule has 2 rings (SSSR count). The summed E-state index contributed by atoms with van der Waals surface area (Å²) in [5.74, 6) is 0.0354. The highest BCUT2D eigenvalue weighted by Crippen LogP contribution is 2.21. The van der Waals surface area contributed by atoms with Crippen molar-refractivity contribution in [2.24, 2.45) is 7.05 Å². The number of methoxy groups -OCH3 is 1. The SMILES string of the molecule is COCCNC(=O)CCc1nn(C)c2c1COCC2. The second kappa shape index (κ2) is 6.68. The number of amides is 1. The Labute approximate surface area is 113 Å². The molecule has 0 radical (unpaired) electrons. The number of hydrogen-bond acceptors (Lipinski definition) is 4. The van der Waals surface area contributed by atoms with E-state index < -0.39 is 0 Å². The van der Waals surface area contributed by atoms with Crippen molar-refractivity contribution >= 4 is 5.91 Å². The lowest BCUT2D eigenvalue weighted by Crippen LogP contribution is -2.27. The Morgan fingerprint density at radius 2 is 2.42 bits per heavy atom. The van der Waals surface area contributed by atoms with Crippen molar-refractivity contribution in [1.29, 1.82) is 0 Å². The topological polar surface area (TPSA) is 65.4 Å². The molecule has 0 saturated heterocycles. The number of ether oxygens (including phenoxy) is 2. The smallest absolute Gasteiger partial charge is 0.220 e. The van der Waals surface area contributed by atoms with E-state index in [4.69, 9.17) is 9.47 Å². The summed E-state index contributed by atoms with van der Waals surface area (Å²) >= 11 is 0. The van der Waals surface area contributed by atoms with Crippen LogP contribution in [-0.4, -0.2) is 42.6 Å². The highest BCUT2D eigenvalue weighted by molar-refractivity contribution is 5.76. The maximum Gasteiger partial charge on any atom is 0.220 e. The molecule has 0 saturated carbocycles. The number of nitrogens with one attached hydrogen (secondary N) is 1. The van der Waals surface area contributed by atoms with E-state index >= 15 is 0 Å². The highest BCUT2D eigenvalue weighted by Gasteiger charge is 2.19. The first-order valence-corrected chi connectivity index (χ1v) is 6.59. The standard InChI is InChI=1S/C13H21N3O3/c1-16-12-5-7-19-9-10(12)11(15-16)3-4-13(17)14-6-8-18-2/h3-9H2,1-2H3,(H,14,17). The van der Waals surface area contributed by atoms with Crippen LogP contribution >= 0.6 is 0 Å². The normalized spacial score (nSPS) is 14.2. The molecule has 1 aromatic rings. The maximum atomic E-state index is 11.6. The van der Waals surface area contributed by atoms with Gasteiger partial charge < -0.3 is 14.8 Å². The number of aryl methyl sites for hydroxylation is 2. The van der Waals surface area contributed by atoms with Crippen molar-refractivity contribution in [2.45, 2.75) is 25.9 Å². The summed E-state index contributed by atoms with van der Waals surface area (Å²) in [5.41, 5.74) is 3.39. The number of rotatable bonds is 6. The van der Waals surface area contributed by atoms with Crippen LogP contribution in [0.15, 0.2) is 0 Å². The molecular weight excluding hydrogens is 246 g/mol. The van der Waals surface area contributed by atoms with Crippen LogP contribution in [-0.2, 0) is 40.8 Å². The predicted octanol–water partition coefficient (Wildman–Crippen LogP) is 0.188. The molecule has 6 nitrogen and oxygen atoms in total. The fourth-order valence-corrected chi connectivity index (χ4v) is 2.30. The van der Waals surface area contributed by atoms with Crippen LogP contribution in [0.1, 0.15) is 23.4 Å². The zero-order valence-electron chi connectivity index (χ0n) is 11.6. The van der Waals surface area contributed by atoms with Crippen molar-refractivity contribution in [2.75, 3.05) is 26.9 Å². The first kappa shape index (κ1) is 14.0. The van der Waals surface area contributed by atoms with E-state index in [0.717, 1.165) is 18.7 Å². The first-order chi connectivity index (χ1) is 9.22. The number of nitrogens with zero attached hydrogens (tertiary/aromatic N) is 2. The van der Waals surface area contributed by atoms with E-state index in [1.54, 1.807) is 7.11 Å². The van der Waals surface area contributed by atoms with Gasteiger partial charge in [-0.2, -0.15) is 5.10 Å². The molecule has 1 amide bonds. The average molecular weight is 267 g/mol. The van der Waals surface area contributed by atoms with E-state index in [2.05, 4.69) is 10.4 Å². The van der Waals surface area contributed by atoms with Crippen molar-refractivity contribution in [3.63, 3.8) is 0 Å². The molecule has 0 fully saturated rings. The highest BCUT2D eigenvalue weighted by atomic mass is 16.5. The molecule has 1 aromatic heterocycles. The molecule has 1 aliphatic rings. The van der Waals surface area contributed by atoms with E-state index in [1.165, 1.54) is 11.3 Å². The minimum atomic E-state index is 0.0354. The van der Waals surface area contributed by atoms with Crippen LogP contribution in [0.3, 0.4) is 0 Å². The van der Waals surface area contributed by atoms with Gasteiger partial charge in [-0.1, -0.05) is 0 Å². The number of carbonyl (C=O) groups excluding carboxylic acids is 1. The monoisotopic (exact) mass is 267 g/mol. The van der Waals surface area contributed by atoms with Crippen LogP contribution in [0.2, 0.25) is 0 Å². The van der Waals surface area contributed by atoms with Gasteiger partial charge in [0.1, 0.15) is 0 Å². The van der Waals surface area contributed by atoms with Gasteiger partial charge in [0.25, 0.3) is 0 Å². The van der Waals surface area contributed by atoms with Gasteiger partial charge in [0.15, 0.2) is 0 Å². The van der Waals surface area contributed by atoms with Crippen LogP contribution in [0.4, 0.5) is 0 Å². The summed E-state index contributed by atoms with van der Waals surface area (Å²) in [6.45, 7) is 2.46. The van der Waals surface area contributed by atoms with Crippen molar-refractivity contribution in [3.8, 4) is 0 Å². The van der Waals surface area contributed by atoms with Gasteiger partial charge >= 0.3 is 0 Å². The Kier molecular flexibility index (Phi) is 4.93. The molecule has 0 bridgehead atoms. The van der Waals surface area contributed by atoms with E-state index in [0.29, 0.717) is 32.6 Å². The molecule has 0 aromatic carbocycles. The Hall–Kier alpha value is -1.40. The van der Waals surface area contributed by atoms with E-state index in [1.807, 2.05) is 11.7 Å². The number of carbonyl (C=O) groups is 1. The Morgan fingerprint density at radius 1 is 1.58 bits per heavy atom. The molecule has 1 aliphatic heterocycles. The van der Waals surface area contributed by atoms with Crippen LogP contribution in [0.5, 0.6) is 0 Å². The van der Waals surface area contributed by atoms with Crippen LogP contribution < -0.4 is 5.32 Å². The van der Waals surface area contributed by atoms with Gasteiger partial charge in [0.2, 0.25) is 5.91 Å². The largest absolute Gasteiger partial charge is 0.383 e. The van der Waals surface area contributed by atoms with Crippen molar-refractivity contribution < 1.29 is 14.3 Å². The quantitative estimate of drug-likeness (QED) is 0.747. The van der Waals surface area contributed by atoms with Crippen LogP contribution in [0, 0.1) is 0 Å². The third-order valence-corrected chi connectivity index (χ3v) is 3.30.